The molecule has 1 saturated carbocycles. The lowest BCUT2D eigenvalue weighted by Crippen LogP contribution is -2.33. The third kappa shape index (κ3) is 4.08. The monoisotopic (exact) mass is 358 g/mol. The highest BCUT2D eigenvalue weighted by Gasteiger charge is 2.33. The van der Waals surface area contributed by atoms with Crippen LogP contribution in [0.4, 0.5) is 0 Å². The summed E-state index contributed by atoms with van der Waals surface area (Å²) in [6.07, 6.45) is 8.14. The minimum atomic E-state index is -0.614. The van der Waals surface area contributed by atoms with E-state index in [1.165, 1.54) is 19.3 Å². The van der Waals surface area contributed by atoms with Crippen molar-refractivity contribution in [3.05, 3.63) is 16.4 Å². The summed E-state index contributed by atoms with van der Waals surface area (Å²) in [4.78, 5) is 0. The van der Waals surface area contributed by atoms with Crippen LogP contribution in [-0.2, 0) is 11.3 Å². The van der Waals surface area contributed by atoms with Gasteiger partial charge in [-0.2, -0.15) is 5.10 Å². The molecule has 1 aliphatic rings. The molecule has 2 atom stereocenters. The van der Waals surface area contributed by atoms with E-state index in [1.54, 1.807) is 6.20 Å². The minimum absolute atomic E-state index is 0.126. The number of aliphatic hydroxyl groups is 1. The standard InChI is InChI=1S/C16H27BrN2O2/c1-3-10-19-14(13(17)11-18-19)15(20)16(21-4-2)12-8-6-5-7-9-12/h11-12,15-16,20H,3-10H2,1-2H3. The topological polar surface area (TPSA) is 47.3 Å². The van der Waals surface area contributed by atoms with Gasteiger partial charge in [0.15, 0.2) is 0 Å². The Morgan fingerprint density at radius 1 is 1.38 bits per heavy atom. The first-order chi connectivity index (χ1) is 10.2. The number of aliphatic hydroxyl groups excluding tert-OH is 1. The zero-order valence-corrected chi connectivity index (χ0v) is 14.7. The third-order valence-electron chi connectivity index (χ3n) is 4.33. The van der Waals surface area contributed by atoms with Gasteiger partial charge in [-0.1, -0.05) is 26.2 Å². The predicted octanol–water partition coefficient (Wildman–Crippen LogP) is 4.07. The number of hydrogen-bond acceptors (Lipinski definition) is 3. The van der Waals surface area contributed by atoms with Crippen LogP contribution in [0, 0.1) is 5.92 Å². The third-order valence-corrected chi connectivity index (χ3v) is 4.94. The molecule has 0 bridgehead atoms. The lowest BCUT2D eigenvalue weighted by molar-refractivity contribution is -0.0770. The van der Waals surface area contributed by atoms with E-state index in [1.807, 2.05) is 11.6 Å². The maximum Gasteiger partial charge on any atom is 0.123 e. The van der Waals surface area contributed by atoms with E-state index in [0.29, 0.717) is 12.5 Å². The van der Waals surface area contributed by atoms with Crippen molar-refractivity contribution in [1.82, 2.24) is 9.78 Å². The van der Waals surface area contributed by atoms with E-state index in [-0.39, 0.29) is 6.10 Å². The number of nitrogens with zero attached hydrogens (tertiary/aromatic N) is 2. The summed E-state index contributed by atoms with van der Waals surface area (Å²) in [5.74, 6) is 0.450. The maximum atomic E-state index is 10.9. The second-order valence-electron chi connectivity index (χ2n) is 5.86. The normalized spacial score (nSPS) is 19.6. The van der Waals surface area contributed by atoms with Crippen molar-refractivity contribution in [2.45, 2.75) is 71.1 Å². The molecule has 0 aromatic carbocycles. The van der Waals surface area contributed by atoms with Crippen LogP contribution in [0.5, 0.6) is 0 Å². The van der Waals surface area contributed by atoms with Gasteiger partial charge in [0.05, 0.1) is 22.5 Å². The van der Waals surface area contributed by atoms with Crippen molar-refractivity contribution in [3.8, 4) is 0 Å². The van der Waals surface area contributed by atoms with Gasteiger partial charge in [-0.15, -0.1) is 0 Å². The highest BCUT2D eigenvalue weighted by molar-refractivity contribution is 9.10. The van der Waals surface area contributed by atoms with Gasteiger partial charge in [0, 0.05) is 13.2 Å². The molecule has 2 rings (SSSR count). The Hall–Kier alpha value is -0.390. The molecule has 21 heavy (non-hydrogen) atoms. The molecule has 1 aromatic rings. The Morgan fingerprint density at radius 3 is 2.71 bits per heavy atom. The number of rotatable bonds is 7. The Morgan fingerprint density at radius 2 is 2.10 bits per heavy atom. The average molecular weight is 359 g/mol. The SMILES string of the molecule is CCCn1ncc(Br)c1C(O)C(OCC)C1CCCCC1. The number of ether oxygens (including phenoxy) is 1. The first-order valence-corrected chi connectivity index (χ1v) is 8.99. The van der Waals surface area contributed by atoms with Gasteiger partial charge in [-0.25, -0.2) is 0 Å². The first kappa shape index (κ1) is 17.0. The summed E-state index contributed by atoms with van der Waals surface area (Å²) < 4.78 is 8.73. The quantitative estimate of drug-likeness (QED) is 0.798. The summed E-state index contributed by atoms with van der Waals surface area (Å²) in [5.41, 5.74) is 0.862. The zero-order valence-electron chi connectivity index (χ0n) is 13.1. The predicted molar refractivity (Wildman–Crippen MR) is 87.2 cm³/mol. The van der Waals surface area contributed by atoms with Crippen LogP contribution in [0.2, 0.25) is 0 Å². The molecule has 1 aromatic heterocycles. The van der Waals surface area contributed by atoms with E-state index < -0.39 is 6.10 Å². The van der Waals surface area contributed by atoms with Gasteiger partial charge in [-0.05, 0) is 48.0 Å². The molecule has 0 radical (unpaired) electrons. The van der Waals surface area contributed by atoms with Gasteiger partial charge in [-0.3, -0.25) is 4.68 Å². The summed E-state index contributed by atoms with van der Waals surface area (Å²) >= 11 is 3.53. The fourth-order valence-electron chi connectivity index (χ4n) is 3.35. The van der Waals surface area contributed by atoms with E-state index in [0.717, 1.165) is 36.0 Å². The molecule has 1 heterocycles. The molecule has 120 valence electrons. The summed E-state index contributed by atoms with van der Waals surface area (Å²) in [7, 11) is 0. The Balaban J connectivity index is 2.20. The summed E-state index contributed by atoms with van der Waals surface area (Å²) in [6.45, 7) is 5.58. The molecule has 0 spiro atoms. The second-order valence-corrected chi connectivity index (χ2v) is 6.72. The number of aryl methyl sites for hydroxylation is 1. The van der Waals surface area contributed by atoms with Crippen LogP contribution in [0.3, 0.4) is 0 Å². The molecule has 1 fully saturated rings. The number of hydrogen-bond donors (Lipinski definition) is 1. The molecule has 0 aliphatic heterocycles. The van der Waals surface area contributed by atoms with E-state index >= 15 is 0 Å². The summed E-state index contributed by atoms with van der Waals surface area (Å²) in [6, 6.07) is 0. The van der Waals surface area contributed by atoms with Crippen LogP contribution < -0.4 is 0 Å². The summed E-state index contributed by atoms with van der Waals surface area (Å²) in [5, 5.41) is 15.3. The van der Waals surface area contributed by atoms with E-state index in [2.05, 4.69) is 28.0 Å². The molecular formula is C16H27BrN2O2. The molecule has 0 amide bonds. The first-order valence-electron chi connectivity index (χ1n) is 8.19. The highest BCUT2D eigenvalue weighted by atomic mass is 79.9. The lowest BCUT2D eigenvalue weighted by atomic mass is 9.82. The average Bonchev–Trinajstić information content (AvgIpc) is 2.86. The molecule has 2 unspecified atom stereocenters. The smallest absolute Gasteiger partial charge is 0.123 e. The molecule has 1 N–H and O–H groups in total. The Bertz CT molecular complexity index is 430. The molecular weight excluding hydrogens is 332 g/mol. The van der Waals surface area contributed by atoms with Crippen LogP contribution in [0.15, 0.2) is 10.7 Å². The van der Waals surface area contributed by atoms with Gasteiger partial charge in [0.1, 0.15) is 6.10 Å². The Labute approximate surface area is 136 Å². The van der Waals surface area contributed by atoms with Crippen LogP contribution in [0.1, 0.15) is 64.2 Å². The van der Waals surface area contributed by atoms with Crippen LogP contribution in [-0.4, -0.2) is 27.6 Å². The van der Waals surface area contributed by atoms with Crippen molar-refractivity contribution in [2.75, 3.05) is 6.61 Å². The van der Waals surface area contributed by atoms with E-state index in [9.17, 15) is 5.11 Å². The van der Waals surface area contributed by atoms with E-state index in [4.69, 9.17) is 4.74 Å². The van der Waals surface area contributed by atoms with Crippen molar-refractivity contribution < 1.29 is 9.84 Å². The molecule has 1 aliphatic carbocycles. The Kier molecular flexibility index (Phi) is 6.71. The highest BCUT2D eigenvalue weighted by Crippen LogP contribution is 2.36. The maximum absolute atomic E-state index is 10.9. The molecule has 4 nitrogen and oxygen atoms in total. The van der Waals surface area contributed by atoms with Crippen LogP contribution >= 0.6 is 15.9 Å². The fraction of sp³-hybridized carbons (Fsp3) is 0.812. The van der Waals surface area contributed by atoms with Crippen LogP contribution in [0.25, 0.3) is 0 Å². The van der Waals surface area contributed by atoms with Crippen molar-refractivity contribution >= 4 is 15.9 Å². The van der Waals surface area contributed by atoms with Gasteiger partial charge in [0.2, 0.25) is 0 Å². The lowest BCUT2D eigenvalue weighted by Gasteiger charge is -2.33. The van der Waals surface area contributed by atoms with Gasteiger partial charge >= 0.3 is 0 Å². The van der Waals surface area contributed by atoms with Crippen molar-refractivity contribution in [2.24, 2.45) is 5.92 Å². The van der Waals surface area contributed by atoms with Gasteiger partial charge < -0.3 is 9.84 Å². The zero-order chi connectivity index (χ0) is 15.2. The molecule has 5 heteroatoms. The van der Waals surface area contributed by atoms with Crippen molar-refractivity contribution in [3.63, 3.8) is 0 Å². The minimum Gasteiger partial charge on any atom is -0.384 e. The van der Waals surface area contributed by atoms with Gasteiger partial charge in [0.25, 0.3) is 0 Å². The largest absolute Gasteiger partial charge is 0.384 e. The number of aromatic nitrogens is 2. The fourth-order valence-corrected chi connectivity index (χ4v) is 3.88. The second kappa shape index (κ2) is 8.30. The van der Waals surface area contributed by atoms with Crippen molar-refractivity contribution in [1.29, 1.82) is 0 Å². The number of halogens is 1. The molecule has 0 saturated heterocycles.